The van der Waals surface area contributed by atoms with Gasteiger partial charge in [0.15, 0.2) is 5.60 Å². The first-order valence-corrected chi connectivity index (χ1v) is 22.8. The molecule has 1 saturated carbocycles. The maximum absolute atomic E-state index is 15.4. The van der Waals surface area contributed by atoms with E-state index in [0.717, 1.165) is 72.4 Å². The van der Waals surface area contributed by atoms with Gasteiger partial charge in [0.2, 0.25) is 0 Å². The van der Waals surface area contributed by atoms with Crippen molar-refractivity contribution in [2.75, 3.05) is 65.5 Å². The highest BCUT2D eigenvalue weighted by atomic mass is 16.6. The zero-order chi connectivity index (χ0) is 43.9. The van der Waals surface area contributed by atoms with Gasteiger partial charge in [0.25, 0.3) is 0 Å². The molecule has 9 rings (SSSR count). The number of benzene rings is 2. The first kappa shape index (κ1) is 42.6. The number of aliphatic hydroxyl groups is 1. The summed E-state index contributed by atoms with van der Waals surface area (Å²) in [4.78, 5) is 52.9. The number of aromatic amines is 1. The molecule has 1 aliphatic carbocycles. The number of ether oxygens (including phenoxy) is 4. The van der Waals surface area contributed by atoms with Gasteiger partial charge in [0.1, 0.15) is 23.9 Å². The lowest BCUT2D eigenvalue weighted by Crippen LogP contribution is -2.80. The highest BCUT2D eigenvalue weighted by Crippen LogP contribution is 2.68. The van der Waals surface area contributed by atoms with Crippen LogP contribution >= 0.6 is 0 Å². The molecule has 2 aromatic carbocycles. The first-order valence-electron chi connectivity index (χ1n) is 22.8. The number of esters is 3. The van der Waals surface area contributed by atoms with Crippen LogP contribution in [-0.2, 0) is 45.8 Å². The summed E-state index contributed by atoms with van der Waals surface area (Å²) in [5.41, 5.74) is 2.02. The SMILES string of the molecule is CCC1=C[C@@H]2CN(CCc3c([nH]c4ccccc34)[C@@](C(=O)OC)(c3cc4c(cc3OC)N(C)[C@H]3C(O)(COC(=O)CC(C)C)[C@H](OC(C)=O)[C@]5(CC)C=CCN6CC[C@]43[C@@H]65)C2)C1. The first-order chi connectivity index (χ1) is 29.7. The lowest BCUT2D eigenvalue weighted by atomic mass is 9.47. The third-order valence-corrected chi connectivity index (χ3v) is 15.7. The maximum atomic E-state index is 15.4. The maximum Gasteiger partial charge on any atom is 0.322 e. The largest absolute Gasteiger partial charge is 0.496 e. The molecule has 5 aliphatic heterocycles. The molecule has 1 saturated heterocycles. The average molecular weight is 849 g/mol. The number of nitrogens with one attached hydrogen (secondary N) is 1. The van der Waals surface area contributed by atoms with Crippen molar-refractivity contribution >= 4 is 34.5 Å². The molecule has 2 fully saturated rings. The number of anilines is 1. The smallest absolute Gasteiger partial charge is 0.322 e. The second-order valence-electron chi connectivity index (χ2n) is 19.4. The van der Waals surface area contributed by atoms with Crippen molar-refractivity contribution in [1.29, 1.82) is 0 Å². The number of carbonyl (C=O) groups is 3. The summed E-state index contributed by atoms with van der Waals surface area (Å²) < 4.78 is 24.9. The minimum Gasteiger partial charge on any atom is -0.496 e. The molecule has 9 atom stereocenters. The van der Waals surface area contributed by atoms with Crippen LogP contribution < -0.4 is 9.64 Å². The number of fused-ring (bicyclic) bond motifs is 6. The van der Waals surface area contributed by atoms with E-state index in [0.29, 0.717) is 37.1 Å². The molecule has 0 amide bonds. The average Bonchev–Trinajstić information content (AvgIpc) is 3.92. The Morgan fingerprint density at radius 1 is 1.05 bits per heavy atom. The monoisotopic (exact) mass is 848 g/mol. The minimum atomic E-state index is -1.85. The summed E-state index contributed by atoms with van der Waals surface area (Å²) >= 11 is 0. The van der Waals surface area contributed by atoms with Gasteiger partial charge in [-0.3, -0.25) is 24.2 Å². The molecule has 1 spiro atoms. The standard InChI is InChI=1S/C50H64N4O8/c1-9-32-23-33-26-49(46(57)60-8,42-35(16-20-53(27-32)28-33)34-14-11-12-15-38(34)51-42)37-24-36-39(25-40(37)59-7)52(6)44-48(36)18-21-54-19-13-17-47(10-2,43(48)54)45(62-31(5)55)50(44,58)29-61-41(56)22-30(3)4/h11-15,17,23-25,30,33,43-45,51,58H,9-10,16,18-22,26-29H2,1-8H3/t33-,43-,44+,45+,47+,48+,49-,50?/m0/s1. The van der Waals surface area contributed by atoms with Crippen LogP contribution in [0.4, 0.5) is 5.69 Å². The van der Waals surface area contributed by atoms with E-state index in [9.17, 15) is 14.7 Å². The number of likely N-dealkylation sites (N-methyl/N-ethyl adjacent to an activating group) is 1. The van der Waals surface area contributed by atoms with Crippen LogP contribution in [0.3, 0.4) is 0 Å². The number of hydrogen-bond donors (Lipinski definition) is 2. The van der Waals surface area contributed by atoms with E-state index in [-0.39, 0.29) is 36.9 Å². The second-order valence-corrected chi connectivity index (χ2v) is 19.4. The van der Waals surface area contributed by atoms with Crippen LogP contribution in [0, 0.1) is 17.3 Å². The van der Waals surface area contributed by atoms with Gasteiger partial charge in [0, 0.05) is 97.4 Å². The number of rotatable bonds is 10. The Bertz CT molecular complexity index is 2350. The normalized spacial score (nSPS) is 33.4. The van der Waals surface area contributed by atoms with Crippen molar-refractivity contribution < 1.29 is 38.4 Å². The molecule has 3 aromatic rings. The summed E-state index contributed by atoms with van der Waals surface area (Å²) in [5.74, 6) is -0.665. The van der Waals surface area contributed by atoms with Crippen LogP contribution in [0.15, 0.2) is 60.2 Å². The van der Waals surface area contributed by atoms with Crippen molar-refractivity contribution in [3.8, 4) is 5.75 Å². The molecule has 2 bridgehead atoms. The Morgan fingerprint density at radius 3 is 2.55 bits per heavy atom. The van der Waals surface area contributed by atoms with Crippen LogP contribution in [-0.4, -0.2) is 122 Å². The number of aromatic nitrogens is 1. The van der Waals surface area contributed by atoms with Crippen molar-refractivity contribution in [2.45, 2.75) is 108 Å². The predicted octanol–water partition coefficient (Wildman–Crippen LogP) is 6.21. The van der Waals surface area contributed by atoms with Gasteiger partial charge in [-0.05, 0) is 73.7 Å². The van der Waals surface area contributed by atoms with Crippen molar-refractivity contribution in [1.82, 2.24) is 14.8 Å². The zero-order valence-electron chi connectivity index (χ0n) is 37.7. The Morgan fingerprint density at radius 2 is 1.84 bits per heavy atom. The number of carbonyl (C=O) groups excluding carboxylic acids is 3. The van der Waals surface area contributed by atoms with E-state index in [1.807, 2.05) is 33.0 Å². The van der Waals surface area contributed by atoms with Gasteiger partial charge in [-0.15, -0.1) is 0 Å². The summed E-state index contributed by atoms with van der Waals surface area (Å²) in [5, 5.41) is 14.8. The Labute approximate surface area is 365 Å². The Kier molecular flexibility index (Phi) is 10.7. The minimum absolute atomic E-state index is 0.0321. The van der Waals surface area contributed by atoms with E-state index < -0.39 is 45.9 Å². The van der Waals surface area contributed by atoms with E-state index in [1.54, 1.807) is 7.11 Å². The van der Waals surface area contributed by atoms with Crippen molar-refractivity contribution in [2.24, 2.45) is 17.3 Å². The van der Waals surface area contributed by atoms with Gasteiger partial charge < -0.3 is 33.9 Å². The highest BCUT2D eigenvalue weighted by Gasteiger charge is 2.78. The number of nitrogens with zero attached hydrogens (tertiary/aromatic N) is 3. The molecule has 6 aliphatic rings. The molecule has 332 valence electrons. The van der Waals surface area contributed by atoms with Gasteiger partial charge in [0.05, 0.1) is 20.3 Å². The van der Waals surface area contributed by atoms with Gasteiger partial charge in [-0.1, -0.05) is 69.7 Å². The highest BCUT2D eigenvalue weighted by molar-refractivity contribution is 5.94. The third kappa shape index (κ3) is 6.05. The molecule has 1 aromatic heterocycles. The summed E-state index contributed by atoms with van der Waals surface area (Å²) in [6, 6.07) is 11.6. The summed E-state index contributed by atoms with van der Waals surface area (Å²) in [6.45, 7) is 13.2. The van der Waals surface area contributed by atoms with E-state index in [4.69, 9.17) is 18.9 Å². The lowest BCUT2D eigenvalue weighted by molar-refractivity contribution is -0.232. The van der Waals surface area contributed by atoms with Crippen molar-refractivity contribution in [3.05, 3.63) is 82.6 Å². The van der Waals surface area contributed by atoms with E-state index in [1.165, 1.54) is 19.6 Å². The zero-order valence-corrected chi connectivity index (χ0v) is 37.7. The summed E-state index contributed by atoms with van der Waals surface area (Å²) in [6.07, 6.45) is 9.17. The predicted molar refractivity (Wildman–Crippen MR) is 237 cm³/mol. The molecular weight excluding hydrogens is 785 g/mol. The van der Waals surface area contributed by atoms with Gasteiger partial charge in [-0.2, -0.15) is 0 Å². The van der Waals surface area contributed by atoms with Crippen molar-refractivity contribution in [3.63, 3.8) is 0 Å². The Hall–Kier alpha value is -4.65. The molecular formula is C50H64N4O8. The van der Waals surface area contributed by atoms with E-state index >= 15 is 4.79 Å². The fraction of sp³-hybridized carbons (Fsp3) is 0.580. The molecule has 62 heavy (non-hydrogen) atoms. The molecule has 2 unspecified atom stereocenters. The van der Waals surface area contributed by atoms with Crippen LogP contribution in [0.1, 0.15) is 89.1 Å². The molecule has 0 radical (unpaired) electrons. The number of hydrogen-bond acceptors (Lipinski definition) is 11. The van der Waals surface area contributed by atoms with Crippen LogP contribution in [0.2, 0.25) is 0 Å². The number of H-pyrrole nitrogens is 1. The van der Waals surface area contributed by atoms with Crippen LogP contribution in [0.25, 0.3) is 10.9 Å². The fourth-order valence-electron chi connectivity index (χ4n) is 13.6. The topological polar surface area (TPSA) is 134 Å². The second kappa shape index (κ2) is 15.6. The van der Waals surface area contributed by atoms with E-state index in [2.05, 4.69) is 76.0 Å². The molecule has 6 heterocycles. The molecule has 2 N–H and O–H groups in total. The Balaban J connectivity index is 1.33. The molecule has 12 heteroatoms. The molecule has 12 nitrogen and oxygen atoms in total. The fourth-order valence-corrected chi connectivity index (χ4v) is 13.6. The van der Waals surface area contributed by atoms with Gasteiger partial charge in [-0.25, -0.2) is 0 Å². The third-order valence-electron chi connectivity index (χ3n) is 15.7. The number of para-hydroxylation sites is 1. The quantitative estimate of drug-likeness (QED) is 0.137. The number of methoxy groups -OCH3 is 2. The van der Waals surface area contributed by atoms with Crippen LogP contribution in [0.5, 0.6) is 5.75 Å². The lowest BCUT2D eigenvalue weighted by Gasteiger charge is -2.64. The summed E-state index contributed by atoms with van der Waals surface area (Å²) in [7, 11) is 5.11. The van der Waals surface area contributed by atoms with Gasteiger partial charge >= 0.3 is 17.9 Å².